The Morgan fingerprint density at radius 3 is 2.02 bits per heavy atom. The highest BCUT2D eigenvalue weighted by Gasteiger charge is 2.18. The Bertz CT molecular complexity index is 2520. The summed E-state index contributed by atoms with van der Waals surface area (Å²) in [6.45, 7) is 0. The summed E-state index contributed by atoms with van der Waals surface area (Å²) in [6.07, 6.45) is 0. The van der Waals surface area contributed by atoms with E-state index >= 15 is 0 Å². The van der Waals surface area contributed by atoms with Gasteiger partial charge in [-0.2, -0.15) is 0 Å². The van der Waals surface area contributed by atoms with Gasteiger partial charge in [0.2, 0.25) is 0 Å². The van der Waals surface area contributed by atoms with Gasteiger partial charge in [-0.3, -0.25) is 0 Å². The van der Waals surface area contributed by atoms with E-state index in [1.54, 1.807) is 0 Å². The maximum atomic E-state index is 6.79. The van der Waals surface area contributed by atoms with Gasteiger partial charge in [0.05, 0.1) is 5.69 Å². The highest BCUT2D eigenvalue weighted by molar-refractivity contribution is 6.24. The second-order valence-electron chi connectivity index (χ2n) is 11.4. The second kappa shape index (κ2) is 9.86. The fourth-order valence-electron chi connectivity index (χ4n) is 6.70. The highest BCUT2D eigenvalue weighted by Crippen LogP contribution is 2.43. The molecule has 0 aliphatic rings. The fourth-order valence-corrected chi connectivity index (χ4v) is 6.70. The monoisotopic (exact) mass is 561 g/mol. The summed E-state index contributed by atoms with van der Waals surface area (Å²) in [5.41, 5.74) is 8.46. The van der Waals surface area contributed by atoms with Crippen LogP contribution in [0.15, 0.2) is 162 Å². The Kier molecular flexibility index (Phi) is 5.54. The van der Waals surface area contributed by atoms with Gasteiger partial charge in [-0.1, -0.05) is 127 Å². The molecule has 206 valence electrons. The minimum Gasteiger partial charge on any atom is -0.453 e. The van der Waals surface area contributed by atoms with Gasteiger partial charge in [0.1, 0.15) is 5.58 Å². The molecule has 9 rings (SSSR count). The first-order valence-corrected chi connectivity index (χ1v) is 15.0. The maximum absolute atomic E-state index is 6.79. The van der Waals surface area contributed by atoms with Crippen LogP contribution in [0.2, 0.25) is 0 Å². The van der Waals surface area contributed by atoms with Crippen molar-refractivity contribution < 1.29 is 4.42 Å². The molecule has 1 heterocycles. The lowest BCUT2D eigenvalue weighted by molar-refractivity contribution is 0.671. The maximum Gasteiger partial charge on any atom is 0.158 e. The van der Waals surface area contributed by atoms with E-state index in [9.17, 15) is 0 Å². The first-order chi connectivity index (χ1) is 21.8. The lowest BCUT2D eigenvalue weighted by Crippen LogP contribution is -1.91. The van der Waals surface area contributed by atoms with Gasteiger partial charge in [-0.15, -0.1) is 0 Å². The Labute approximate surface area is 254 Å². The molecule has 0 saturated heterocycles. The summed E-state index contributed by atoms with van der Waals surface area (Å²) in [6, 6.07) is 56.1. The van der Waals surface area contributed by atoms with Crippen LogP contribution >= 0.6 is 0 Å². The van der Waals surface area contributed by atoms with E-state index in [0.29, 0.717) is 0 Å². The molecule has 0 bridgehead atoms. The summed E-state index contributed by atoms with van der Waals surface area (Å²) in [4.78, 5) is 0. The molecule has 9 aromatic rings. The fraction of sp³-hybridized carbons (Fsp3) is 0. The van der Waals surface area contributed by atoms with Crippen molar-refractivity contribution in [3.8, 4) is 22.3 Å². The quantitative estimate of drug-likeness (QED) is 0.231. The number of rotatable bonds is 4. The lowest BCUT2D eigenvalue weighted by Gasteiger charge is -2.11. The molecular weight excluding hydrogens is 534 g/mol. The normalized spacial score (nSPS) is 11.6. The van der Waals surface area contributed by atoms with Crippen LogP contribution in [0.25, 0.3) is 76.5 Å². The number of benzene rings is 8. The molecule has 2 nitrogen and oxygen atoms in total. The summed E-state index contributed by atoms with van der Waals surface area (Å²) in [5, 5.41) is 13.3. The Balaban J connectivity index is 1.17. The number of anilines is 2. The summed E-state index contributed by atoms with van der Waals surface area (Å²) < 4.78 is 6.79. The molecule has 1 aromatic heterocycles. The minimum absolute atomic E-state index is 0.862. The average molecular weight is 562 g/mol. The van der Waals surface area contributed by atoms with E-state index in [4.69, 9.17) is 4.42 Å². The molecular formula is C42H27NO. The van der Waals surface area contributed by atoms with Crippen molar-refractivity contribution in [2.24, 2.45) is 0 Å². The van der Waals surface area contributed by atoms with E-state index in [0.717, 1.165) is 44.4 Å². The van der Waals surface area contributed by atoms with Gasteiger partial charge in [-0.05, 0) is 79.3 Å². The molecule has 0 unspecified atom stereocenters. The molecule has 44 heavy (non-hydrogen) atoms. The summed E-state index contributed by atoms with van der Waals surface area (Å²) >= 11 is 0. The van der Waals surface area contributed by atoms with E-state index in [2.05, 4.69) is 163 Å². The standard InChI is InChI=1S/C42H27NO/c1-2-11-28(12-3-1)38-26-31-14-6-7-16-36(31)40-37-18-9-19-39(41(37)44-42(38)40)43-33-22-23-35-30(25-33)15-8-17-34(35)32-21-20-27-10-4-5-13-29(27)24-32/h1-26,43H. The SMILES string of the molecule is c1ccc(-c2cc3ccccc3c3c2oc2c(Nc4ccc5c(-c6ccc7ccccc7c6)cccc5c4)cccc23)cc1. The topological polar surface area (TPSA) is 25.2 Å². The Hall–Kier alpha value is -5.86. The molecule has 0 saturated carbocycles. The third kappa shape index (κ3) is 3.96. The largest absolute Gasteiger partial charge is 0.453 e. The summed E-state index contributed by atoms with van der Waals surface area (Å²) in [7, 11) is 0. The number of para-hydroxylation sites is 1. The molecule has 0 spiro atoms. The first kappa shape index (κ1) is 24.7. The molecule has 8 aromatic carbocycles. The lowest BCUT2D eigenvalue weighted by atomic mass is 9.96. The van der Waals surface area contributed by atoms with Crippen LogP contribution in [0.4, 0.5) is 11.4 Å². The third-order valence-corrected chi connectivity index (χ3v) is 8.79. The third-order valence-electron chi connectivity index (χ3n) is 8.79. The molecule has 0 aliphatic heterocycles. The zero-order chi connectivity index (χ0) is 29.0. The number of hydrogen-bond acceptors (Lipinski definition) is 2. The van der Waals surface area contributed by atoms with Crippen LogP contribution in [0, 0.1) is 0 Å². The van der Waals surface area contributed by atoms with Gasteiger partial charge >= 0.3 is 0 Å². The van der Waals surface area contributed by atoms with Gasteiger partial charge in [0.15, 0.2) is 5.58 Å². The van der Waals surface area contributed by atoms with Crippen LogP contribution in [0.5, 0.6) is 0 Å². The number of nitrogens with one attached hydrogen (secondary N) is 1. The predicted octanol–water partition coefficient (Wildman–Crippen LogP) is 12.1. The van der Waals surface area contributed by atoms with Crippen LogP contribution < -0.4 is 5.32 Å². The van der Waals surface area contributed by atoms with Crippen molar-refractivity contribution in [1.29, 1.82) is 0 Å². The Morgan fingerprint density at radius 1 is 0.386 bits per heavy atom. The number of furan rings is 1. The van der Waals surface area contributed by atoms with E-state index < -0.39 is 0 Å². The number of fused-ring (bicyclic) bond motifs is 7. The molecule has 0 aliphatic carbocycles. The van der Waals surface area contributed by atoms with Gasteiger partial charge < -0.3 is 9.73 Å². The molecule has 1 N–H and O–H groups in total. The average Bonchev–Trinajstić information content (AvgIpc) is 3.49. The zero-order valence-corrected chi connectivity index (χ0v) is 23.9. The van der Waals surface area contributed by atoms with Crippen molar-refractivity contribution in [2.45, 2.75) is 0 Å². The van der Waals surface area contributed by atoms with Crippen molar-refractivity contribution in [2.75, 3.05) is 5.32 Å². The molecule has 0 fully saturated rings. The molecule has 0 amide bonds. The first-order valence-electron chi connectivity index (χ1n) is 15.0. The highest BCUT2D eigenvalue weighted by atomic mass is 16.3. The van der Waals surface area contributed by atoms with Crippen LogP contribution in [0.1, 0.15) is 0 Å². The van der Waals surface area contributed by atoms with Crippen LogP contribution in [-0.2, 0) is 0 Å². The van der Waals surface area contributed by atoms with Gasteiger partial charge in [0, 0.05) is 22.0 Å². The zero-order valence-electron chi connectivity index (χ0n) is 23.9. The number of hydrogen-bond donors (Lipinski definition) is 1. The Morgan fingerprint density at radius 2 is 1.11 bits per heavy atom. The van der Waals surface area contributed by atoms with Crippen molar-refractivity contribution >= 4 is 65.6 Å². The molecule has 0 radical (unpaired) electrons. The minimum atomic E-state index is 0.862. The van der Waals surface area contributed by atoms with Crippen molar-refractivity contribution in [3.63, 3.8) is 0 Å². The van der Waals surface area contributed by atoms with Crippen LogP contribution in [0.3, 0.4) is 0 Å². The second-order valence-corrected chi connectivity index (χ2v) is 11.4. The van der Waals surface area contributed by atoms with Gasteiger partial charge in [-0.25, -0.2) is 0 Å². The van der Waals surface area contributed by atoms with E-state index in [-0.39, 0.29) is 0 Å². The van der Waals surface area contributed by atoms with E-state index in [1.165, 1.54) is 43.4 Å². The smallest absolute Gasteiger partial charge is 0.158 e. The van der Waals surface area contributed by atoms with Crippen molar-refractivity contribution in [3.05, 3.63) is 158 Å². The van der Waals surface area contributed by atoms with Crippen LogP contribution in [-0.4, -0.2) is 0 Å². The van der Waals surface area contributed by atoms with E-state index in [1.807, 2.05) is 0 Å². The predicted molar refractivity (Wildman–Crippen MR) is 187 cm³/mol. The van der Waals surface area contributed by atoms with Gasteiger partial charge in [0.25, 0.3) is 0 Å². The summed E-state index contributed by atoms with van der Waals surface area (Å²) in [5.74, 6) is 0. The van der Waals surface area contributed by atoms with Crippen molar-refractivity contribution in [1.82, 2.24) is 0 Å². The molecule has 2 heteroatoms. The molecule has 0 atom stereocenters.